The molecule has 3 heterocycles. The standard InChI is InChI=1S/C19H18FN5O3.CH4/c1-11-22-18-7-13(5-6-25(18)23-11)16-4-3-14(8-17(16)20)24-10-15(28-19(24)27)9-21-12(2)26;/h3-8,15H,9-10H2,1-2H3,(H,21,26);1H4/t15-;/m0./s1. The molecule has 152 valence electrons. The Morgan fingerprint density at radius 1 is 1.34 bits per heavy atom. The minimum Gasteiger partial charge on any atom is -0.442 e. The molecule has 0 spiro atoms. The van der Waals surface area contributed by atoms with E-state index in [4.69, 9.17) is 4.74 Å². The van der Waals surface area contributed by atoms with Crippen LogP contribution in [-0.4, -0.2) is 45.8 Å². The van der Waals surface area contributed by atoms with Gasteiger partial charge in [-0.3, -0.25) is 9.69 Å². The van der Waals surface area contributed by atoms with E-state index in [1.54, 1.807) is 41.9 Å². The van der Waals surface area contributed by atoms with Crippen molar-refractivity contribution in [2.45, 2.75) is 27.4 Å². The summed E-state index contributed by atoms with van der Waals surface area (Å²) in [7, 11) is 0. The highest BCUT2D eigenvalue weighted by Crippen LogP contribution is 2.29. The number of cyclic esters (lactones) is 1. The zero-order valence-electron chi connectivity index (χ0n) is 15.3. The van der Waals surface area contributed by atoms with Crippen molar-refractivity contribution in [2.24, 2.45) is 0 Å². The van der Waals surface area contributed by atoms with Crippen LogP contribution in [0.1, 0.15) is 20.2 Å². The Morgan fingerprint density at radius 2 is 2.14 bits per heavy atom. The number of anilines is 1. The Balaban J connectivity index is 0.00000240. The molecule has 3 aromatic rings. The summed E-state index contributed by atoms with van der Waals surface area (Å²) in [5, 5.41) is 6.81. The highest BCUT2D eigenvalue weighted by molar-refractivity contribution is 5.90. The van der Waals surface area contributed by atoms with Crippen LogP contribution in [-0.2, 0) is 9.53 Å². The van der Waals surface area contributed by atoms with Crippen LogP contribution >= 0.6 is 0 Å². The summed E-state index contributed by atoms with van der Waals surface area (Å²) in [5.74, 6) is -0.0322. The summed E-state index contributed by atoms with van der Waals surface area (Å²) in [6.07, 6.45) is 0.684. The van der Waals surface area contributed by atoms with Crippen LogP contribution in [0, 0.1) is 12.7 Å². The van der Waals surface area contributed by atoms with Gasteiger partial charge in [0.2, 0.25) is 5.91 Å². The van der Waals surface area contributed by atoms with Gasteiger partial charge in [0.1, 0.15) is 17.7 Å². The first-order valence-corrected chi connectivity index (χ1v) is 8.76. The number of fused-ring (bicyclic) bond motifs is 1. The fourth-order valence-electron chi connectivity index (χ4n) is 3.16. The molecule has 0 bridgehead atoms. The number of halogens is 1. The van der Waals surface area contributed by atoms with Gasteiger partial charge < -0.3 is 10.1 Å². The Bertz CT molecular complexity index is 1080. The molecule has 1 N–H and O–H groups in total. The molecule has 2 aromatic heterocycles. The predicted octanol–water partition coefficient (Wildman–Crippen LogP) is 2.94. The largest absolute Gasteiger partial charge is 0.442 e. The summed E-state index contributed by atoms with van der Waals surface area (Å²) < 4.78 is 21.6. The van der Waals surface area contributed by atoms with Crippen LogP contribution in [0.5, 0.6) is 0 Å². The number of rotatable bonds is 4. The first kappa shape index (κ1) is 20.2. The zero-order valence-corrected chi connectivity index (χ0v) is 15.3. The summed E-state index contributed by atoms with van der Waals surface area (Å²) >= 11 is 0. The highest BCUT2D eigenvalue weighted by atomic mass is 19.1. The smallest absolute Gasteiger partial charge is 0.414 e. The van der Waals surface area contributed by atoms with Crippen molar-refractivity contribution in [2.75, 3.05) is 18.0 Å². The Kier molecular flexibility index (Phi) is 5.49. The first-order chi connectivity index (χ1) is 13.4. The number of amides is 2. The SMILES string of the molecule is C.CC(=O)NC[C@H]1CN(c2ccc(-c3ccn4nc(C)nc4c3)c(F)c2)C(=O)O1. The number of carbonyl (C=O) groups is 2. The van der Waals surface area contributed by atoms with Crippen LogP contribution in [0.25, 0.3) is 16.8 Å². The van der Waals surface area contributed by atoms with E-state index in [0.717, 1.165) is 0 Å². The van der Waals surface area contributed by atoms with Crippen molar-refractivity contribution < 1.29 is 18.7 Å². The van der Waals surface area contributed by atoms with Crippen LogP contribution < -0.4 is 10.2 Å². The Labute approximate surface area is 167 Å². The maximum absolute atomic E-state index is 14.8. The number of benzene rings is 1. The number of nitrogens with zero attached hydrogens (tertiary/aromatic N) is 4. The number of hydrogen-bond donors (Lipinski definition) is 1. The lowest BCUT2D eigenvalue weighted by Crippen LogP contribution is -2.33. The molecule has 9 heteroatoms. The molecule has 1 aromatic carbocycles. The number of hydrogen-bond acceptors (Lipinski definition) is 5. The molecular weight excluding hydrogens is 377 g/mol. The maximum atomic E-state index is 14.8. The molecular formula is C20H22FN5O3. The third-order valence-electron chi connectivity index (χ3n) is 4.47. The number of pyridine rings is 1. The normalized spacial score (nSPS) is 15.9. The fraction of sp³-hybridized carbons (Fsp3) is 0.300. The van der Waals surface area contributed by atoms with Gasteiger partial charge in [0.05, 0.1) is 18.8 Å². The second-order valence-corrected chi connectivity index (χ2v) is 6.59. The summed E-state index contributed by atoms with van der Waals surface area (Å²) in [6.45, 7) is 3.63. The van der Waals surface area contributed by atoms with E-state index in [2.05, 4.69) is 15.4 Å². The maximum Gasteiger partial charge on any atom is 0.414 e. The minimum absolute atomic E-state index is 0. The zero-order chi connectivity index (χ0) is 19.8. The van der Waals surface area contributed by atoms with Crippen molar-refractivity contribution >= 4 is 23.3 Å². The quantitative estimate of drug-likeness (QED) is 0.729. The van der Waals surface area contributed by atoms with Gasteiger partial charge in [0.15, 0.2) is 5.65 Å². The van der Waals surface area contributed by atoms with Gasteiger partial charge in [-0.2, -0.15) is 5.10 Å². The van der Waals surface area contributed by atoms with Crippen LogP contribution in [0.2, 0.25) is 0 Å². The molecule has 0 radical (unpaired) electrons. The number of carbonyl (C=O) groups excluding carboxylic acids is 2. The predicted molar refractivity (Wildman–Crippen MR) is 106 cm³/mol. The van der Waals surface area contributed by atoms with E-state index in [1.165, 1.54) is 17.9 Å². The van der Waals surface area contributed by atoms with E-state index in [0.29, 0.717) is 28.3 Å². The molecule has 1 fully saturated rings. The second-order valence-electron chi connectivity index (χ2n) is 6.59. The highest BCUT2D eigenvalue weighted by Gasteiger charge is 2.32. The van der Waals surface area contributed by atoms with Crippen LogP contribution in [0.4, 0.5) is 14.9 Å². The lowest BCUT2D eigenvalue weighted by Gasteiger charge is -2.14. The van der Waals surface area contributed by atoms with Gasteiger partial charge in [-0.15, -0.1) is 0 Å². The fourth-order valence-corrected chi connectivity index (χ4v) is 3.16. The molecule has 0 saturated carbocycles. The number of nitrogens with one attached hydrogen (secondary N) is 1. The lowest BCUT2D eigenvalue weighted by atomic mass is 10.1. The number of aromatic nitrogens is 3. The average Bonchev–Trinajstić information content (AvgIpc) is 3.20. The lowest BCUT2D eigenvalue weighted by molar-refractivity contribution is -0.119. The van der Waals surface area contributed by atoms with Gasteiger partial charge in [-0.1, -0.05) is 7.43 Å². The second kappa shape index (κ2) is 7.86. The van der Waals surface area contributed by atoms with Gasteiger partial charge in [0, 0.05) is 18.7 Å². The van der Waals surface area contributed by atoms with E-state index >= 15 is 0 Å². The van der Waals surface area contributed by atoms with E-state index in [-0.39, 0.29) is 26.4 Å². The van der Waals surface area contributed by atoms with Crippen LogP contribution in [0.15, 0.2) is 36.5 Å². The molecule has 1 aliphatic heterocycles. The number of ether oxygens (including phenoxy) is 1. The van der Waals surface area contributed by atoms with Gasteiger partial charge >= 0.3 is 6.09 Å². The van der Waals surface area contributed by atoms with Crippen LogP contribution in [0.3, 0.4) is 0 Å². The topological polar surface area (TPSA) is 88.8 Å². The molecule has 1 atom stereocenters. The molecule has 29 heavy (non-hydrogen) atoms. The van der Waals surface area contributed by atoms with E-state index in [1.807, 2.05) is 0 Å². The summed E-state index contributed by atoms with van der Waals surface area (Å²) in [6, 6.07) is 8.10. The first-order valence-electron chi connectivity index (χ1n) is 8.76. The summed E-state index contributed by atoms with van der Waals surface area (Å²) in [5.41, 5.74) is 2.09. The van der Waals surface area contributed by atoms with Crippen molar-refractivity contribution in [1.29, 1.82) is 0 Å². The molecule has 8 nitrogen and oxygen atoms in total. The molecule has 1 aliphatic rings. The van der Waals surface area contributed by atoms with Gasteiger partial charge in [-0.25, -0.2) is 18.7 Å². The molecule has 1 saturated heterocycles. The third-order valence-corrected chi connectivity index (χ3v) is 4.47. The van der Waals surface area contributed by atoms with Crippen molar-refractivity contribution in [1.82, 2.24) is 19.9 Å². The third kappa shape index (κ3) is 4.03. The minimum atomic E-state index is -0.567. The monoisotopic (exact) mass is 399 g/mol. The van der Waals surface area contributed by atoms with Crippen molar-refractivity contribution in [3.63, 3.8) is 0 Å². The molecule has 2 amide bonds. The van der Waals surface area contributed by atoms with E-state index < -0.39 is 18.0 Å². The number of aryl methyl sites for hydroxylation is 1. The molecule has 4 rings (SSSR count). The summed E-state index contributed by atoms with van der Waals surface area (Å²) in [4.78, 5) is 28.7. The van der Waals surface area contributed by atoms with Gasteiger partial charge in [0.25, 0.3) is 0 Å². The Morgan fingerprint density at radius 3 is 2.86 bits per heavy atom. The average molecular weight is 399 g/mol. The van der Waals surface area contributed by atoms with E-state index in [9.17, 15) is 14.0 Å². The Hall–Kier alpha value is -3.49. The van der Waals surface area contributed by atoms with Gasteiger partial charge in [-0.05, 0) is 42.8 Å². The van der Waals surface area contributed by atoms with Crippen molar-refractivity contribution in [3.8, 4) is 11.1 Å². The molecule has 0 unspecified atom stereocenters. The van der Waals surface area contributed by atoms with Crippen molar-refractivity contribution in [3.05, 3.63) is 48.2 Å². The molecule has 0 aliphatic carbocycles.